The van der Waals surface area contributed by atoms with Gasteiger partial charge >= 0.3 is 6.09 Å². The van der Waals surface area contributed by atoms with Gasteiger partial charge in [-0.15, -0.1) is 0 Å². The summed E-state index contributed by atoms with van der Waals surface area (Å²) in [5.74, 6) is 0.426. The fourth-order valence-corrected chi connectivity index (χ4v) is 3.56. The first kappa shape index (κ1) is 18.2. The molecule has 0 unspecified atom stereocenters. The first-order chi connectivity index (χ1) is 13.6. The maximum absolute atomic E-state index is 13.4. The van der Waals surface area contributed by atoms with Crippen LogP contribution >= 0.6 is 0 Å². The Hall–Kier alpha value is -3.22. The van der Waals surface area contributed by atoms with Gasteiger partial charge in [0, 0.05) is 54.0 Å². The smallest absolute Gasteiger partial charge is 0.407 e. The zero-order valence-electron chi connectivity index (χ0n) is 15.2. The summed E-state index contributed by atoms with van der Waals surface area (Å²) < 4.78 is 19.3. The Morgan fingerprint density at radius 1 is 1.21 bits per heavy atom. The average Bonchev–Trinajstić information content (AvgIpc) is 2.72. The molecule has 0 radical (unpaired) electrons. The molecule has 7 heteroatoms. The molecule has 144 valence electrons. The molecule has 1 amide bonds. The summed E-state index contributed by atoms with van der Waals surface area (Å²) in [6, 6.07) is 12.0. The van der Waals surface area contributed by atoms with E-state index in [0.717, 1.165) is 29.5 Å². The Bertz CT molecular complexity index is 1000. The van der Waals surface area contributed by atoms with Gasteiger partial charge in [-0.25, -0.2) is 14.2 Å². The van der Waals surface area contributed by atoms with Crippen LogP contribution in [0.2, 0.25) is 0 Å². The highest BCUT2D eigenvalue weighted by molar-refractivity contribution is 5.81. The minimum atomic E-state index is -0.868. The number of fused-ring (bicyclic) bond motifs is 1. The molecule has 1 aliphatic rings. The molecule has 28 heavy (non-hydrogen) atoms. The van der Waals surface area contributed by atoms with Crippen LogP contribution < -0.4 is 4.74 Å². The molecule has 6 nitrogen and oxygen atoms in total. The third-order valence-electron chi connectivity index (χ3n) is 5.10. The molecule has 1 aromatic carbocycles. The van der Waals surface area contributed by atoms with Crippen LogP contribution in [0.15, 0.2) is 48.7 Å². The predicted molar refractivity (Wildman–Crippen MR) is 102 cm³/mol. The van der Waals surface area contributed by atoms with E-state index < -0.39 is 6.09 Å². The Labute approximate surface area is 161 Å². The van der Waals surface area contributed by atoms with Crippen LogP contribution in [-0.4, -0.2) is 39.2 Å². The van der Waals surface area contributed by atoms with Crippen molar-refractivity contribution in [1.82, 2.24) is 14.9 Å². The number of halogens is 1. The van der Waals surface area contributed by atoms with Crippen LogP contribution in [0, 0.1) is 5.82 Å². The van der Waals surface area contributed by atoms with Crippen molar-refractivity contribution in [1.29, 1.82) is 0 Å². The van der Waals surface area contributed by atoms with Gasteiger partial charge in [-0.2, -0.15) is 0 Å². The van der Waals surface area contributed by atoms with E-state index in [1.54, 1.807) is 18.3 Å². The third-order valence-corrected chi connectivity index (χ3v) is 5.10. The lowest BCUT2D eigenvalue weighted by Gasteiger charge is -2.29. The molecule has 1 saturated heterocycles. The average molecular weight is 381 g/mol. The molecule has 0 saturated carbocycles. The van der Waals surface area contributed by atoms with E-state index in [1.807, 2.05) is 18.2 Å². The maximum Gasteiger partial charge on any atom is 0.407 e. The predicted octanol–water partition coefficient (Wildman–Crippen LogP) is 4.21. The second kappa shape index (κ2) is 7.80. The van der Waals surface area contributed by atoms with Gasteiger partial charge in [0.1, 0.15) is 12.4 Å². The van der Waals surface area contributed by atoms with Crippen LogP contribution in [0.25, 0.3) is 10.9 Å². The van der Waals surface area contributed by atoms with Crippen molar-refractivity contribution in [2.24, 2.45) is 0 Å². The highest BCUT2D eigenvalue weighted by Gasteiger charge is 2.24. The number of amides is 1. The quantitative estimate of drug-likeness (QED) is 0.733. The lowest BCUT2D eigenvalue weighted by atomic mass is 9.93. The molecule has 4 rings (SSSR count). The van der Waals surface area contributed by atoms with Crippen LogP contribution in [0.3, 0.4) is 0 Å². The Balaban J connectivity index is 1.45. The summed E-state index contributed by atoms with van der Waals surface area (Å²) in [5.41, 5.74) is 2.42. The lowest BCUT2D eigenvalue weighted by molar-refractivity contribution is 0.131. The van der Waals surface area contributed by atoms with Crippen LogP contribution in [0.4, 0.5) is 9.18 Å². The molecule has 1 N–H and O–H groups in total. The number of carboxylic acid groups (broad SMARTS) is 1. The number of hydrogen-bond donors (Lipinski definition) is 1. The Morgan fingerprint density at radius 3 is 2.82 bits per heavy atom. The van der Waals surface area contributed by atoms with Crippen molar-refractivity contribution in [3.63, 3.8) is 0 Å². The van der Waals surface area contributed by atoms with Crippen molar-refractivity contribution in [2.75, 3.05) is 13.1 Å². The summed E-state index contributed by atoms with van der Waals surface area (Å²) in [7, 11) is 0. The van der Waals surface area contributed by atoms with Crippen LogP contribution in [0.1, 0.15) is 30.0 Å². The lowest BCUT2D eigenvalue weighted by Crippen LogP contribution is -2.36. The van der Waals surface area contributed by atoms with E-state index in [2.05, 4.69) is 9.97 Å². The first-order valence-electron chi connectivity index (χ1n) is 9.21. The van der Waals surface area contributed by atoms with E-state index in [4.69, 9.17) is 9.84 Å². The van der Waals surface area contributed by atoms with Crippen molar-refractivity contribution in [2.45, 2.75) is 25.4 Å². The van der Waals surface area contributed by atoms with Crippen LogP contribution in [0.5, 0.6) is 5.88 Å². The Morgan fingerprint density at radius 2 is 2.04 bits per heavy atom. The van der Waals surface area contributed by atoms with Gasteiger partial charge in [-0.05, 0) is 37.1 Å². The molecule has 0 atom stereocenters. The molecule has 0 aliphatic carbocycles. The number of aromatic nitrogens is 2. The number of carbonyl (C=O) groups is 1. The van der Waals surface area contributed by atoms with Crippen molar-refractivity contribution in [3.8, 4) is 5.88 Å². The highest BCUT2D eigenvalue weighted by Crippen LogP contribution is 2.28. The molecular formula is C21H20FN3O3. The van der Waals surface area contributed by atoms with Gasteiger partial charge < -0.3 is 14.7 Å². The van der Waals surface area contributed by atoms with E-state index in [1.165, 1.54) is 17.0 Å². The van der Waals surface area contributed by atoms with Crippen molar-refractivity contribution >= 4 is 17.0 Å². The van der Waals surface area contributed by atoms with E-state index in [0.29, 0.717) is 31.1 Å². The molecule has 3 heterocycles. The van der Waals surface area contributed by atoms with Crippen molar-refractivity contribution in [3.05, 3.63) is 65.7 Å². The number of rotatable bonds is 4. The number of ether oxygens (including phenoxy) is 1. The van der Waals surface area contributed by atoms with Gasteiger partial charge in [-0.1, -0.05) is 6.07 Å². The maximum atomic E-state index is 13.4. The van der Waals surface area contributed by atoms with Crippen LogP contribution in [-0.2, 0) is 6.61 Å². The molecule has 3 aromatic rings. The standard InChI is InChI=1S/C21H20FN3O3/c22-16-4-5-17-15(6-9-23-19(17)12-16)13-28-20-3-1-2-18(24-20)14-7-10-25(11-8-14)21(26)27/h1-6,9,12,14H,7-8,10-11,13H2,(H,26,27). The number of benzene rings is 1. The third kappa shape index (κ3) is 3.88. The molecule has 2 aromatic heterocycles. The highest BCUT2D eigenvalue weighted by atomic mass is 19.1. The number of piperidine rings is 1. The summed E-state index contributed by atoms with van der Waals surface area (Å²) in [5, 5.41) is 9.92. The van der Waals surface area contributed by atoms with E-state index in [9.17, 15) is 9.18 Å². The molecule has 1 fully saturated rings. The SMILES string of the molecule is O=C(O)N1CCC(c2cccc(OCc3ccnc4cc(F)ccc34)n2)CC1. The number of likely N-dealkylation sites (tertiary alicyclic amines) is 1. The van der Waals surface area contributed by atoms with Gasteiger partial charge in [0.2, 0.25) is 5.88 Å². The molecule has 1 aliphatic heterocycles. The Kier molecular flexibility index (Phi) is 5.06. The van der Waals surface area contributed by atoms with Crippen molar-refractivity contribution < 1.29 is 19.0 Å². The van der Waals surface area contributed by atoms with E-state index in [-0.39, 0.29) is 11.7 Å². The second-order valence-corrected chi connectivity index (χ2v) is 6.86. The minimum Gasteiger partial charge on any atom is -0.473 e. The summed E-state index contributed by atoms with van der Waals surface area (Å²) >= 11 is 0. The fourth-order valence-electron chi connectivity index (χ4n) is 3.56. The molecule has 0 bridgehead atoms. The molecular weight excluding hydrogens is 361 g/mol. The number of hydrogen-bond acceptors (Lipinski definition) is 4. The fraction of sp³-hybridized carbons (Fsp3) is 0.286. The largest absolute Gasteiger partial charge is 0.473 e. The minimum absolute atomic E-state index is 0.226. The topological polar surface area (TPSA) is 75.5 Å². The van der Waals surface area contributed by atoms with Gasteiger partial charge in [-0.3, -0.25) is 4.98 Å². The zero-order chi connectivity index (χ0) is 19.5. The number of nitrogens with zero attached hydrogens (tertiary/aromatic N) is 3. The van der Waals surface area contributed by atoms with Gasteiger partial charge in [0.25, 0.3) is 0 Å². The second-order valence-electron chi connectivity index (χ2n) is 6.86. The normalized spacial score (nSPS) is 15.0. The summed E-state index contributed by atoms with van der Waals surface area (Å²) in [6.07, 6.45) is 2.28. The summed E-state index contributed by atoms with van der Waals surface area (Å²) in [6.45, 7) is 1.34. The van der Waals surface area contributed by atoms with Gasteiger partial charge in [0.15, 0.2) is 0 Å². The molecule has 0 spiro atoms. The van der Waals surface area contributed by atoms with E-state index >= 15 is 0 Å². The zero-order valence-corrected chi connectivity index (χ0v) is 15.2. The first-order valence-corrected chi connectivity index (χ1v) is 9.21. The number of pyridine rings is 2. The monoisotopic (exact) mass is 381 g/mol. The summed E-state index contributed by atoms with van der Waals surface area (Å²) in [4.78, 5) is 21.3. The van der Waals surface area contributed by atoms with Gasteiger partial charge in [0.05, 0.1) is 5.52 Å².